The van der Waals surface area contributed by atoms with Crippen LogP contribution in [0.1, 0.15) is 36.7 Å². The molecule has 6 rings (SSSR count). The van der Waals surface area contributed by atoms with E-state index in [2.05, 4.69) is 0 Å². The van der Waals surface area contributed by atoms with Gasteiger partial charge in [-0.15, -0.1) is 23.2 Å². The molecule has 3 heterocycles. The van der Waals surface area contributed by atoms with Crippen molar-refractivity contribution in [1.29, 1.82) is 0 Å². The lowest BCUT2D eigenvalue weighted by atomic mass is 9.57. The van der Waals surface area contributed by atoms with Gasteiger partial charge in [0.05, 0.1) is 29.9 Å². The molecule has 4 amide bonds. The Morgan fingerprint density at radius 2 is 1.73 bits per heavy atom. The maximum absolute atomic E-state index is 14.1. The number of amides is 4. The summed E-state index contributed by atoms with van der Waals surface area (Å²) in [4.78, 5) is 63.6. The number of aliphatic carboxylic acids is 1. The number of alkyl halides is 2. The van der Waals surface area contributed by atoms with E-state index < -0.39 is 81.9 Å². The van der Waals surface area contributed by atoms with Gasteiger partial charge in [-0.05, 0) is 55.2 Å². The van der Waals surface area contributed by atoms with E-state index in [-0.39, 0.29) is 36.6 Å². The average molecular weight is 605 g/mol. The molecule has 1 saturated carbocycles. The lowest BCUT2D eigenvalue weighted by molar-refractivity contribution is -0.142. The number of fused-ring (bicyclic) bond motifs is 4. The number of carbonyl (C=O) groups excluding carboxylic acids is 4. The summed E-state index contributed by atoms with van der Waals surface area (Å²) in [7, 11) is 0. The van der Waals surface area contributed by atoms with Crippen LogP contribution in [0, 0.1) is 23.6 Å². The van der Waals surface area contributed by atoms with Crippen molar-refractivity contribution in [2.24, 2.45) is 17.8 Å². The van der Waals surface area contributed by atoms with E-state index in [1.807, 2.05) is 0 Å². The first-order valence-corrected chi connectivity index (χ1v) is 13.7. The molecule has 3 fully saturated rings. The highest BCUT2D eigenvalue weighted by Gasteiger charge is 2.77. The van der Waals surface area contributed by atoms with Gasteiger partial charge >= 0.3 is 5.97 Å². The summed E-state index contributed by atoms with van der Waals surface area (Å²) >= 11 is 14.3. The van der Waals surface area contributed by atoms with Crippen molar-refractivity contribution < 1.29 is 43.0 Å². The largest absolute Gasteiger partial charge is 0.481 e. The van der Waals surface area contributed by atoms with E-state index in [1.165, 1.54) is 24.3 Å². The van der Waals surface area contributed by atoms with E-state index in [0.717, 1.165) is 21.9 Å². The van der Waals surface area contributed by atoms with Gasteiger partial charge in [0.15, 0.2) is 9.75 Å². The second-order valence-electron chi connectivity index (χ2n) is 10.7. The number of carboxylic acid groups (broad SMARTS) is 1. The SMILES string of the molecule is O=C(O)CCN1C(=O)[C@H]2[C@H](CC=C3[C@H]2C[C@@]2(Cl)C(=O)N(c4ccc(F)cc4)C(=O)[C@@]2(Cl)[C@H]3c2ccc(CO)o2)C1=O. The van der Waals surface area contributed by atoms with E-state index in [9.17, 15) is 33.5 Å². The summed E-state index contributed by atoms with van der Waals surface area (Å²) in [5.74, 6) is -8.05. The third kappa shape index (κ3) is 3.75. The summed E-state index contributed by atoms with van der Waals surface area (Å²) in [5, 5.41) is 18.8. The summed E-state index contributed by atoms with van der Waals surface area (Å²) < 4.78 is 19.5. The number of aliphatic hydroxyl groups is 1. The molecule has 1 aromatic heterocycles. The fourth-order valence-corrected chi connectivity index (χ4v) is 7.76. The smallest absolute Gasteiger partial charge is 0.305 e. The predicted octanol–water partition coefficient (Wildman–Crippen LogP) is 2.95. The molecule has 2 N–H and O–H groups in total. The Morgan fingerprint density at radius 1 is 1.02 bits per heavy atom. The Kier molecular flexibility index (Phi) is 6.40. The molecule has 2 aliphatic heterocycles. The lowest BCUT2D eigenvalue weighted by Crippen LogP contribution is -2.60. The van der Waals surface area contributed by atoms with Crippen molar-refractivity contribution in [3.8, 4) is 0 Å². The number of furan rings is 1. The highest BCUT2D eigenvalue weighted by Crippen LogP contribution is 2.65. The Labute approximate surface area is 242 Å². The molecule has 10 nitrogen and oxygen atoms in total. The van der Waals surface area contributed by atoms with Gasteiger partial charge < -0.3 is 14.6 Å². The van der Waals surface area contributed by atoms with Crippen molar-refractivity contribution >= 4 is 58.5 Å². The molecule has 0 unspecified atom stereocenters. The van der Waals surface area contributed by atoms with Crippen LogP contribution in [0.3, 0.4) is 0 Å². The van der Waals surface area contributed by atoms with E-state index in [1.54, 1.807) is 6.08 Å². The van der Waals surface area contributed by atoms with Gasteiger partial charge in [0.25, 0.3) is 11.8 Å². The summed E-state index contributed by atoms with van der Waals surface area (Å²) in [6.45, 7) is -0.758. The Hall–Kier alpha value is -3.54. The van der Waals surface area contributed by atoms with Gasteiger partial charge in [0.1, 0.15) is 23.9 Å². The van der Waals surface area contributed by atoms with E-state index >= 15 is 0 Å². The minimum absolute atomic E-state index is 0.0480. The molecule has 13 heteroatoms. The van der Waals surface area contributed by atoms with Gasteiger partial charge in [0.2, 0.25) is 11.8 Å². The number of hydrogen-bond acceptors (Lipinski definition) is 7. The molecule has 2 saturated heterocycles. The Morgan fingerprint density at radius 3 is 2.37 bits per heavy atom. The van der Waals surface area contributed by atoms with Gasteiger partial charge in [-0.25, -0.2) is 9.29 Å². The fourth-order valence-electron chi connectivity index (χ4n) is 6.84. The van der Waals surface area contributed by atoms with Crippen LogP contribution in [0.4, 0.5) is 10.1 Å². The quantitative estimate of drug-likeness (QED) is 0.291. The number of imide groups is 2. The van der Waals surface area contributed by atoms with Gasteiger partial charge in [-0.3, -0.25) is 28.9 Å². The molecule has 0 bridgehead atoms. The maximum Gasteiger partial charge on any atom is 0.305 e. The molecule has 0 radical (unpaired) electrons. The molecule has 6 atom stereocenters. The fraction of sp³-hybridized carbons (Fsp3) is 0.393. The minimum atomic E-state index is -2.14. The molecule has 2 aromatic rings. The molecular formula is C28H23Cl2FN2O8. The van der Waals surface area contributed by atoms with Crippen LogP contribution in [0.15, 0.2) is 52.5 Å². The van der Waals surface area contributed by atoms with Crippen molar-refractivity contribution in [2.75, 3.05) is 11.4 Å². The Balaban J connectivity index is 1.49. The minimum Gasteiger partial charge on any atom is -0.481 e. The third-order valence-corrected chi connectivity index (χ3v) is 10.1. The zero-order valence-electron chi connectivity index (χ0n) is 21.3. The molecule has 2 aliphatic carbocycles. The van der Waals surface area contributed by atoms with Gasteiger partial charge in [-0.2, -0.15) is 0 Å². The van der Waals surface area contributed by atoms with Gasteiger partial charge in [0, 0.05) is 6.54 Å². The lowest BCUT2D eigenvalue weighted by Gasteiger charge is -2.49. The van der Waals surface area contributed by atoms with Crippen LogP contribution in [-0.4, -0.2) is 61.0 Å². The van der Waals surface area contributed by atoms with Crippen LogP contribution in [0.2, 0.25) is 0 Å². The van der Waals surface area contributed by atoms with Crippen LogP contribution in [0.25, 0.3) is 0 Å². The number of carboxylic acids is 1. The molecule has 4 aliphatic rings. The Bertz CT molecular complexity index is 1540. The number of allylic oxidation sites excluding steroid dienone is 2. The van der Waals surface area contributed by atoms with Crippen molar-refractivity contribution in [1.82, 2.24) is 4.90 Å². The number of benzene rings is 1. The molecule has 214 valence electrons. The molecule has 1 aromatic carbocycles. The first-order chi connectivity index (χ1) is 19.4. The number of hydrogen-bond donors (Lipinski definition) is 2. The zero-order valence-corrected chi connectivity index (χ0v) is 22.8. The monoisotopic (exact) mass is 604 g/mol. The van der Waals surface area contributed by atoms with Gasteiger partial charge in [-0.1, -0.05) is 11.6 Å². The zero-order chi connectivity index (χ0) is 29.4. The van der Waals surface area contributed by atoms with E-state index in [4.69, 9.17) is 32.7 Å². The number of aliphatic hydroxyl groups excluding tert-OH is 1. The molecular weight excluding hydrogens is 582 g/mol. The summed E-state index contributed by atoms with van der Waals surface area (Å²) in [6.07, 6.45) is 1.12. The van der Waals surface area contributed by atoms with E-state index in [0.29, 0.717) is 5.57 Å². The summed E-state index contributed by atoms with van der Waals surface area (Å²) in [6, 6.07) is 7.65. The number of rotatable bonds is 6. The molecule has 0 spiro atoms. The topological polar surface area (TPSA) is 145 Å². The van der Waals surface area contributed by atoms with Crippen molar-refractivity contribution in [2.45, 2.75) is 41.5 Å². The normalized spacial score (nSPS) is 32.6. The standard InChI is InChI=1S/C28H23Cl2FN2O8/c29-27-11-18-16(6-7-17-21(18)24(38)32(23(17)37)10-9-20(35)36)22(19-8-5-15(12-34)41-19)28(27,30)26(40)33(25(27)39)14-3-1-13(31)2-4-14/h1-6,8,17-18,21-22,34H,7,9-12H2,(H,35,36)/t17-,18+,21-,22+,27+,28-/m0/s1. The highest BCUT2D eigenvalue weighted by atomic mass is 35.5. The van der Waals surface area contributed by atoms with Crippen molar-refractivity contribution in [3.63, 3.8) is 0 Å². The highest BCUT2D eigenvalue weighted by molar-refractivity contribution is 6.58. The third-order valence-electron chi connectivity index (χ3n) is 8.66. The van der Waals surface area contributed by atoms with Crippen molar-refractivity contribution in [3.05, 3.63) is 65.4 Å². The summed E-state index contributed by atoms with van der Waals surface area (Å²) in [5.41, 5.74) is 0.534. The first-order valence-electron chi connectivity index (χ1n) is 12.9. The van der Waals surface area contributed by atoms with Crippen LogP contribution in [-0.2, 0) is 30.6 Å². The maximum atomic E-state index is 14.1. The number of likely N-dealkylation sites (tertiary alicyclic amines) is 1. The first kappa shape index (κ1) is 27.6. The van der Waals surface area contributed by atoms with Crippen LogP contribution in [0.5, 0.6) is 0 Å². The number of anilines is 1. The average Bonchev–Trinajstić information content (AvgIpc) is 3.55. The van der Waals surface area contributed by atoms with Crippen LogP contribution >= 0.6 is 23.2 Å². The second kappa shape index (κ2) is 9.50. The number of halogens is 3. The second-order valence-corrected chi connectivity index (χ2v) is 11.9. The number of nitrogens with zero attached hydrogens (tertiary/aromatic N) is 2. The van der Waals surface area contributed by atoms with Crippen LogP contribution < -0.4 is 4.90 Å². The predicted molar refractivity (Wildman–Crippen MR) is 140 cm³/mol. The number of carbonyl (C=O) groups is 5. The molecule has 41 heavy (non-hydrogen) atoms.